The Bertz CT molecular complexity index is 989. The molecule has 0 fully saturated rings. The highest BCUT2D eigenvalue weighted by Crippen LogP contribution is 2.26. The average Bonchev–Trinajstić information content (AvgIpc) is 3.08. The maximum absolute atomic E-state index is 12.3. The van der Waals surface area contributed by atoms with Crippen LogP contribution in [0.25, 0.3) is 10.2 Å². The van der Waals surface area contributed by atoms with Crippen molar-refractivity contribution in [2.24, 2.45) is 0 Å². The second-order valence-electron chi connectivity index (χ2n) is 5.74. The van der Waals surface area contributed by atoms with Crippen molar-refractivity contribution < 1.29 is 9.32 Å². The lowest BCUT2D eigenvalue weighted by atomic mass is 10.2. The van der Waals surface area contributed by atoms with Crippen LogP contribution >= 0.6 is 23.1 Å². The molecular weight excluding hydrogens is 360 g/mol. The zero-order valence-electron chi connectivity index (χ0n) is 14.3. The molecule has 1 atom stereocenters. The van der Waals surface area contributed by atoms with Gasteiger partial charge in [-0.3, -0.25) is 9.59 Å². The number of carbonyl (C=O) groups is 1. The molecule has 7 nitrogen and oxygen atoms in total. The second-order valence-corrected chi connectivity index (χ2v) is 8.27. The van der Waals surface area contributed by atoms with E-state index in [1.54, 1.807) is 19.9 Å². The Balaban J connectivity index is 1.67. The molecule has 25 heavy (non-hydrogen) atoms. The summed E-state index contributed by atoms with van der Waals surface area (Å²) in [6.07, 6.45) is 0. The lowest BCUT2D eigenvalue weighted by molar-refractivity contribution is -0.115. The molecule has 0 aromatic carbocycles. The average molecular weight is 378 g/mol. The van der Waals surface area contributed by atoms with Gasteiger partial charge in [0.1, 0.15) is 16.4 Å². The van der Waals surface area contributed by atoms with Gasteiger partial charge in [0.25, 0.3) is 5.56 Å². The van der Waals surface area contributed by atoms with Crippen molar-refractivity contribution in [3.63, 3.8) is 0 Å². The number of nitrogens with one attached hydrogen (secondary N) is 2. The van der Waals surface area contributed by atoms with Crippen molar-refractivity contribution >= 4 is 45.0 Å². The van der Waals surface area contributed by atoms with E-state index in [1.165, 1.54) is 23.1 Å². The lowest BCUT2D eigenvalue weighted by Gasteiger charge is -2.09. The molecule has 1 amide bonds. The number of aromatic nitrogens is 3. The number of aryl methyl sites for hydroxylation is 3. The van der Waals surface area contributed by atoms with E-state index in [0.717, 1.165) is 15.3 Å². The number of amides is 1. The van der Waals surface area contributed by atoms with Crippen molar-refractivity contribution in [3.05, 3.63) is 38.4 Å². The maximum atomic E-state index is 12.3. The molecule has 0 aliphatic carbocycles. The highest BCUT2D eigenvalue weighted by atomic mass is 32.2. The molecule has 0 saturated heterocycles. The summed E-state index contributed by atoms with van der Waals surface area (Å²) in [6.45, 7) is 7.46. The summed E-state index contributed by atoms with van der Waals surface area (Å²) in [4.78, 5) is 33.6. The summed E-state index contributed by atoms with van der Waals surface area (Å²) in [6, 6.07) is 1.66. The molecule has 3 aromatic heterocycles. The number of nitrogens with zero attached hydrogens (tertiary/aromatic N) is 2. The molecular formula is C16H18N4O3S2. The van der Waals surface area contributed by atoms with Crippen molar-refractivity contribution in [3.8, 4) is 0 Å². The quantitative estimate of drug-likeness (QED) is 0.707. The molecule has 3 rings (SSSR count). The highest BCUT2D eigenvalue weighted by Gasteiger charge is 2.17. The number of H-pyrrole nitrogens is 1. The van der Waals surface area contributed by atoms with Crippen LogP contribution in [0.1, 0.15) is 28.9 Å². The van der Waals surface area contributed by atoms with Gasteiger partial charge in [0.2, 0.25) is 5.91 Å². The van der Waals surface area contributed by atoms with Crippen molar-refractivity contribution in [2.75, 3.05) is 5.32 Å². The number of thioether (sulfide) groups is 1. The lowest BCUT2D eigenvalue weighted by Crippen LogP contribution is -2.23. The van der Waals surface area contributed by atoms with Gasteiger partial charge < -0.3 is 14.8 Å². The number of thiophene rings is 1. The minimum atomic E-state index is -0.329. The Morgan fingerprint density at radius 3 is 2.88 bits per heavy atom. The Morgan fingerprint density at radius 2 is 2.20 bits per heavy atom. The highest BCUT2D eigenvalue weighted by molar-refractivity contribution is 7.99. The SMILES string of the molecule is Cc1cc(NC(=O)C(C)SCc2nc3sc(C)c(C)c3c(=O)[nH]2)no1. The zero-order chi connectivity index (χ0) is 18.1. The van der Waals surface area contributed by atoms with E-state index in [2.05, 4.69) is 20.4 Å². The van der Waals surface area contributed by atoms with Crippen LogP contribution in [-0.2, 0) is 10.5 Å². The van der Waals surface area contributed by atoms with E-state index in [1.807, 2.05) is 13.8 Å². The van der Waals surface area contributed by atoms with Gasteiger partial charge in [-0.15, -0.1) is 23.1 Å². The zero-order valence-corrected chi connectivity index (χ0v) is 15.9. The molecule has 0 aliphatic heterocycles. The van der Waals surface area contributed by atoms with Gasteiger partial charge in [0.15, 0.2) is 5.82 Å². The molecule has 3 heterocycles. The number of hydrogen-bond acceptors (Lipinski definition) is 7. The van der Waals surface area contributed by atoms with Crippen LogP contribution < -0.4 is 10.9 Å². The molecule has 9 heteroatoms. The molecule has 0 aliphatic rings. The second kappa shape index (κ2) is 7.01. The fraction of sp³-hybridized carbons (Fsp3) is 0.375. The number of aromatic amines is 1. The Labute approximate surface area is 152 Å². The Morgan fingerprint density at radius 1 is 1.44 bits per heavy atom. The summed E-state index contributed by atoms with van der Waals surface area (Å²) < 4.78 is 4.92. The first-order valence-corrected chi connectivity index (χ1v) is 9.56. The predicted octanol–water partition coefficient (Wildman–Crippen LogP) is 3.16. The topological polar surface area (TPSA) is 101 Å². The van der Waals surface area contributed by atoms with E-state index in [9.17, 15) is 9.59 Å². The first-order valence-electron chi connectivity index (χ1n) is 7.70. The molecule has 0 spiro atoms. The molecule has 3 aromatic rings. The summed E-state index contributed by atoms with van der Waals surface area (Å²) in [5.41, 5.74) is 0.848. The van der Waals surface area contributed by atoms with Crippen LogP contribution in [0.5, 0.6) is 0 Å². The molecule has 132 valence electrons. The van der Waals surface area contributed by atoms with Crippen LogP contribution in [0.2, 0.25) is 0 Å². The van der Waals surface area contributed by atoms with Gasteiger partial charge in [-0.25, -0.2) is 4.98 Å². The summed E-state index contributed by atoms with van der Waals surface area (Å²) >= 11 is 2.91. The maximum Gasteiger partial charge on any atom is 0.259 e. The third-order valence-corrected chi connectivity index (χ3v) is 6.06. The minimum Gasteiger partial charge on any atom is -0.360 e. The van der Waals surface area contributed by atoms with E-state index in [4.69, 9.17) is 4.52 Å². The van der Waals surface area contributed by atoms with Crippen molar-refractivity contribution in [2.45, 2.75) is 38.7 Å². The smallest absolute Gasteiger partial charge is 0.259 e. The van der Waals surface area contributed by atoms with Gasteiger partial charge in [0.05, 0.1) is 16.4 Å². The number of hydrogen-bond donors (Lipinski definition) is 2. The third-order valence-electron chi connectivity index (χ3n) is 3.81. The minimum absolute atomic E-state index is 0.127. The van der Waals surface area contributed by atoms with Gasteiger partial charge >= 0.3 is 0 Å². The van der Waals surface area contributed by atoms with E-state index < -0.39 is 0 Å². The van der Waals surface area contributed by atoms with Gasteiger partial charge in [-0.1, -0.05) is 5.16 Å². The van der Waals surface area contributed by atoms with Crippen LogP contribution in [0.15, 0.2) is 15.4 Å². The van der Waals surface area contributed by atoms with Gasteiger partial charge in [-0.2, -0.15) is 0 Å². The van der Waals surface area contributed by atoms with Crippen LogP contribution in [0, 0.1) is 20.8 Å². The van der Waals surface area contributed by atoms with E-state index in [0.29, 0.717) is 28.5 Å². The van der Waals surface area contributed by atoms with E-state index >= 15 is 0 Å². The number of rotatable bonds is 5. The first-order chi connectivity index (χ1) is 11.8. The number of anilines is 1. The fourth-order valence-electron chi connectivity index (χ4n) is 2.30. The molecule has 2 N–H and O–H groups in total. The Kier molecular flexibility index (Phi) is 4.96. The predicted molar refractivity (Wildman–Crippen MR) is 100 cm³/mol. The van der Waals surface area contributed by atoms with Crippen LogP contribution in [-0.4, -0.2) is 26.3 Å². The standard InChI is InChI=1S/C16H18N4O3S2/c1-7-5-11(20-23-7)17-14(21)10(4)24-6-12-18-15(22)13-8(2)9(3)25-16(13)19-12/h5,10H,6H2,1-4H3,(H,17,20,21)(H,18,19,22). The third kappa shape index (κ3) is 3.77. The summed E-state index contributed by atoms with van der Waals surface area (Å²) in [5, 5.41) is 6.76. The number of fused-ring (bicyclic) bond motifs is 1. The molecule has 0 bridgehead atoms. The fourth-order valence-corrected chi connectivity index (χ4v) is 4.10. The van der Waals surface area contributed by atoms with E-state index in [-0.39, 0.29) is 16.7 Å². The van der Waals surface area contributed by atoms with Crippen molar-refractivity contribution in [1.29, 1.82) is 0 Å². The monoisotopic (exact) mass is 378 g/mol. The molecule has 1 unspecified atom stereocenters. The van der Waals surface area contributed by atoms with Crippen LogP contribution in [0.3, 0.4) is 0 Å². The van der Waals surface area contributed by atoms with Crippen LogP contribution in [0.4, 0.5) is 5.82 Å². The first kappa shape index (κ1) is 17.7. The van der Waals surface area contributed by atoms with Crippen molar-refractivity contribution in [1.82, 2.24) is 15.1 Å². The van der Waals surface area contributed by atoms with Gasteiger partial charge in [-0.05, 0) is 33.3 Å². The summed E-state index contributed by atoms with van der Waals surface area (Å²) in [7, 11) is 0. The van der Waals surface area contributed by atoms with Gasteiger partial charge in [0, 0.05) is 10.9 Å². The molecule has 0 saturated carbocycles. The summed E-state index contributed by atoms with van der Waals surface area (Å²) in [5.74, 6) is 1.86. The molecule has 0 radical (unpaired) electrons. The normalized spacial score (nSPS) is 12.5. The largest absolute Gasteiger partial charge is 0.360 e. The Hall–Kier alpha value is -2.13. The number of carbonyl (C=O) groups excluding carboxylic acids is 1.